The molecule has 0 amide bonds. The maximum atomic E-state index is 4.32. The van der Waals surface area contributed by atoms with Crippen molar-refractivity contribution in [1.82, 2.24) is 14.5 Å². The molecule has 0 spiro atoms. The van der Waals surface area contributed by atoms with Gasteiger partial charge in [-0.3, -0.25) is 0 Å². The summed E-state index contributed by atoms with van der Waals surface area (Å²) in [7, 11) is 1.97. The first kappa shape index (κ1) is 12.2. The standard InChI is InChI=1S/C14H13BrN4/c1-9-3-4-12(11(15)7-9)18-13-10-5-6-19(2)14(10)17-8-16-13/h3-8H,1-2H3,(H,16,17,18). The third-order valence-electron chi connectivity index (χ3n) is 3.04. The molecule has 0 bridgehead atoms. The first-order valence-electron chi connectivity index (χ1n) is 5.94. The summed E-state index contributed by atoms with van der Waals surface area (Å²) in [5.41, 5.74) is 3.13. The lowest BCUT2D eigenvalue weighted by atomic mass is 10.2. The van der Waals surface area contributed by atoms with E-state index in [1.165, 1.54) is 5.56 Å². The Hall–Kier alpha value is -1.88. The molecule has 0 aliphatic carbocycles. The summed E-state index contributed by atoms with van der Waals surface area (Å²) < 4.78 is 3.00. The molecule has 1 N–H and O–H groups in total. The third-order valence-corrected chi connectivity index (χ3v) is 3.70. The molecule has 19 heavy (non-hydrogen) atoms. The number of hydrogen-bond acceptors (Lipinski definition) is 3. The van der Waals surface area contributed by atoms with Crippen LogP contribution in [0.25, 0.3) is 11.0 Å². The van der Waals surface area contributed by atoms with Gasteiger partial charge in [-0.2, -0.15) is 0 Å². The molecule has 0 aliphatic heterocycles. The number of halogens is 1. The summed E-state index contributed by atoms with van der Waals surface area (Å²) in [5.74, 6) is 0.815. The fourth-order valence-corrected chi connectivity index (χ4v) is 2.62. The number of nitrogens with zero attached hydrogens (tertiary/aromatic N) is 3. The normalized spacial score (nSPS) is 10.9. The lowest BCUT2D eigenvalue weighted by Crippen LogP contribution is -1.97. The Labute approximate surface area is 119 Å². The van der Waals surface area contributed by atoms with Gasteiger partial charge >= 0.3 is 0 Å². The summed E-state index contributed by atoms with van der Waals surface area (Å²) in [4.78, 5) is 8.60. The van der Waals surface area contributed by atoms with Gasteiger partial charge in [-0.1, -0.05) is 6.07 Å². The molecule has 4 nitrogen and oxygen atoms in total. The molecule has 0 radical (unpaired) electrons. The molecule has 2 heterocycles. The van der Waals surface area contributed by atoms with Gasteiger partial charge in [0.2, 0.25) is 0 Å². The quantitative estimate of drug-likeness (QED) is 0.782. The van der Waals surface area contributed by atoms with Crippen LogP contribution in [0.3, 0.4) is 0 Å². The number of benzene rings is 1. The Morgan fingerprint density at radius 3 is 2.84 bits per heavy atom. The van der Waals surface area contributed by atoms with Crippen LogP contribution >= 0.6 is 15.9 Å². The van der Waals surface area contributed by atoms with E-state index in [4.69, 9.17) is 0 Å². The van der Waals surface area contributed by atoms with E-state index in [-0.39, 0.29) is 0 Å². The minimum atomic E-state index is 0.815. The second-order valence-electron chi connectivity index (χ2n) is 4.49. The van der Waals surface area contributed by atoms with Crippen LogP contribution in [0.1, 0.15) is 5.56 Å². The van der Waals surface area contributed by atoms with E-state index in [0.29, 0.717) is 0 Å². The Bertz CT molecular complexity index is 748. The molecule has 3 aromatic rings. The van der Waals surface area contributed by atoms with Crippen molar-refractivity contribution >= 4 is 38.5 Å². The number of rotatable bonds is 2. The first-order valence-corrected chi connectivity index (χ1v) is 6.73. The molecule has 2 aromatic heterocycles. The van der Waals surface area contributed by atoms with E-state index in [2.05, 4.69) is 50.3 Å². The zero-order chi connectivity index (χ0) is 13.4. The van der Waals surface area contributed by atoms with Crippen LogP contribution in [-0.2, 0) is 7.05 Å². The second-order valence-corrected chi connectivity index (χ2v) is 5.35. The van der Waals surface area contributed by atoms with Crippen LogP contribution in [0, 0.1) is 6.92 Å². The predicted molar refractivity (Wildman–Crippen MR) is 80.7 cm³/mol. The summed E-state index contributed by atoms with van der Waals surface area (Å²) in [6.07, 6.45) is 3.56. The molecule has 0 saturated heterocycles. The fraction of sp³-hybridized carbons (Fsp3) is 0.143. The molecular formula is C14H13BrN4. The lowest BCUT2D eigenvalue weighted by Gasteiger charge is -2.09. The molecule has 0 fully saturated rings. The molecule has 0 aliphatic rings. The van der Waals surface area contributed by atoms with E-state index in [0.717, 1.165) is 27.0 Å². The van der Waals surface area contributed by atoms with Gasteiger partial charge in [0.1, 0.15) is 17.8 Å². The number of nitrogens with one attached hydrogen (secondary N) is 1. The average molecular weight is 317 g/mol. The first-order chi connectivity index (χ1) is 9.15. The van der Waals surface area contributed by atoms with Crippen LogP contribution in [0.4, 0.5) is 11.5 Å². The van der Waals surface area contributed by atoms with Gasteiger partial charge in [0.25, 0.3) is 0 Å². The Morgan fingerprint density at radius 1 is 1.21 bits per heavy atom. The van der Waals surface area contributed by atoms with Crippen LogP contribution in [0.2, 0.25) is 0 Å². The highest BCUT2D eigenvalue weighted by molar-refractivity contribution is 9.10. The summed E-state index contributed by atoms with van der Waals surface area (Å²) in [6, 6.07) is 8.19. The highest BCUT2D eigenvalue weighted by Crippen LogP contribution is 2.28. The SMILES string of the molecule is Cc1ccc(Nc2ncnc3c2ccn3C)c(Br)c1. The van der Waals surface area contributed by atoms with E-state index in [9.17, 15) is 0 Å². The predicted octanol–water partition coefficient (Wildman–Crippen LogP) is 3.78. The molecule has 3 rings (SSSR count). The van der Waals surface area contributed by atoms with Crippen LogP contribution < -0.4 is 5.32 Å². The maximum absolute atomic E-state index is 4.32. The summed E-state index contributed by atoms with van der Waals surface area (Å²) >= 11 is 3.56. The van der Waals surface area contributed by atoms with Gasteiger partial charge in [0, 0.05) is 17.7 Å². The van der Waals surface area contributed by atoms with Crippen molar-refractivity contribution in [3.8, 4) is 0 Å². The van der Waals surface area contributed by atoms with E-state index in [1.807, 2.05) is 29.9 Å². The second kappa shape index (κ2) is 4.66. The number of fused-ring (bicyclic) bond motifs is 1. The lowest BCUT2D eigenvalue weighted by molar-refractivity contribution is 0.944. The maximum Gasteiger partial charge on any atom is 0.145 e. The van der Waals surface area contributed by atoms with Crippen molar-refractivity contribution in [2.24, 2.45) is 7.05 Å². The summed E-state index contributed by atoms with van der Waals surface area (Å²) in [5, 5.41) is 4.36. The minimum Gasteiger partial charge on any atom is -0.339 e. The van der Waals surface area contributed by atoms with E-state index >= 15 is 0 Å². The topological polar surface area (TPSA) is 42.7 Å². The van der Waals surface area contributed by atoms with Crippen molar-refractivity contribution in [2.75, 3.05) is 5.32 Å². The van der Waals surface area contributed by atoms with Crippen molar-refractivity contribution in [1.29, 1.82) is 0 Å². The zero-order valence-corrected chi connectivity index (χ0v) is 12.3. The largest absolute Gasteiger partial charge is 0.339 e. The van der Waals surface area contributed by atoms with Crippen molar-refractivity contribution in [3.63, 3.8) is 0 Å². The van der Waals surface area contributed by atoms with Gasteiger partial charge in [-0.15, -0.1) is 0 Å². The number of aromatic nitrogens is 3. The smallest absolute Gasteiger partial charge is 0.145 e. The van der Waals surface area contributed by atoms with Gasteiger partial charge in [-0.25, -0.2) is 9.97 Å². The fourth-order valence-electron chi connectivity index (χ4n) is 2.03. The molecule has 0 unspecified atom stereocenters. The molecule has 1 aromatic carbocycles. The minimum absolute atomic E-state index is 0.815. The number of anilines is 2. The molecular weight excluding hydrogens is 304 g/mol. The van der Waals surface area contributed by atoms with Gasteiger partial charge < -0.3 is 9.88 Å². The van der Waals surface area contributed by atoms with Crippen LogP contribution in [-0.4, -0.2) is 14.5 Å². The van der Waals surface area contributed by atoms with Crippen molar-refractivity contribution < 1.29 is 0 Å². The van der Waals surface area contributed by atoms with Crippen LogP contribution in [0.5, 0.6) is 0 Å². The molecule has 5 heteroatoms. The third kappa shape index (κ3) is 2.21. The van der Waals surface area contributed by atoms with Crippen LogP contribution in [0.15, 0.2) is 41.3 Å². The number of aryl methyl sites for hydroxylation is 2. The molecule has 96 valence electrons. The van der Waals surface area contributed by atoms with Gasteiger partial charge in [0.15, 0.2) is 0 Å². The Kier molecular flexibility index (Phi) is 2.98. The Balaban J connectivity index is 2.06. The highest BCUT2D eigenvalue weighted by Gasteiger charge is 2.08. The zero-order valence-electron chi connectivity index (χ0n) is 10.7. The monoisotopic (exact) mass is 316 g/mol. The Morgan fingerprint density at radius 2 is 2.05 bits per heavy atom. The van der Waals surface area contributed by atoms with Gasteiger partial charge in [0.05, 0.1) is 11.1 Å². The van der Waals surface area contributed by atoms with Gasteiger partial charge in [-0.05, 0) is 46.6 Å². The molecule has 0 saturated carbocycles. The van der Waals surface area contributed by atoms with E-state index < -0.39 is 0 Å². The highest BCUT2D eigenvalue weighted by atomic mass is 79.9. The number of hydrogen-bond donors (Lipinski definition) is 1. The van der Waals surface area contributed by atoms with E-state index in [1.54, 1.807) is 6.33 Å². The van der Waals surface area contributed by atoms with Crippen molar-refractivity contribution in [3.05, 3.63) is 46.8 Å². The summed E-state index contributed by atoms with van der Waals surface area (Å²) in [6.45, 7) is 2.06. The molecule has 0 atom stereocenters. The average Bonchev–Trinajstić information content (AvgIpc) is 2.76. The van der Waals surface area contributed by atoms with Crippen molar-refractivity contribution in [2.45, 2.75) is 6.92 Å².